The van der Waals surface area contributed by atoms with Crippen LogP contribution in [0.25, 0.3) is 21.3 Å². The third-order valence-electron chi connectivity index (χ3n) is 2.25. The van der Waals surface area contributed by atoms with E-state index in [0.717, 1.165) is 21.3 Å². The summed E-state index contributed by atoms with van der Waals surface area (Å²) in [4.78, 5) is 8.74. The zero-order valence-electron chi connectivity index (χ0n) is 8.70. The molecule has 1 aromatic carbocycles. The van der Waals surface area contributed by atoms with E-state index in [1.54, 1.807) is 41.0 Å². The molecule has 5 heteroatoms. The lowest BCUT2D eigenvalue weighted by molar-refractivity contribution is 0.475. The number of aromatic hydroxyl groups is 1. The van der Waals surface area contributed by atoms with E-state index >= 15 is 0 Å². The Morgan fingerprint density at radius 3 is 2.82 bits per heavy atom. The molecule has 1 N–H and O–H groups in total. The molecule has 3 rings (SSSR count). The fourth-order valence-corrected chi connectivity index (χ4v) is 2.97. The summed E-state index contributed by atoms with van der Waals surface area (Å²) in [6, 6.07) is 7.11. The highest BCUT2D eigenvalue weighted by Crippen LogP contribution is 2.30. The molecule has 0 aliphatic carbocycles. The highest BCUT2D eigenvalue weighted by Gasteiger charge is 2.08. The van der Waals surface area contributed by atoms with Gasteiger partial charge in [-0.05, 0) is 12.1 Å². The molecule has 0 bridgehead atoms. The van der Waals surface area contributed by atoms with Crippen LogP contribution in [0, 0.1) is 0 Å². The number of hydrogen-bond donors (Lipinski definition) is 1. The van der Waals surface area contributed by atoms with Gasteiger partial charge in [-0.3, -0.25) is 0 Å². The van der Waals surface area contributed by atoms with Gasteiger partial charge in [0.1, 0.15) is 21.5 Å². The van der Waals surface area contributed by atoms with E-state index in [1.165, 1.54) is 0 Å². The van der Waals surface area contributed by atoms with Crippen molar-refractivity contribution < 1.29 is 5.11 Å². The Balaban J connectivity index is 2.01. The fourth-order valence-electron chi connectivity index (χ4n) is 1.49. The molecule has 3 aromatic rings. The van der Waals surface area contributed by atoms with Crippen molar-refractivity contribution in [3.8, 4) is 27.0 Å². The van der Waals surface area contributed by atoms with Gasteiger partial charge in [0.15, 0.2) is 0 Å². The number of thiazole rings is 2. The quantitative estimate of drug-likeness (QED) is 0.765. The Morgan fingerprint density at radius 2 is 2.06 bits per heavy atom. The van der Waals surface area contributed by atoms with Crippen LogP contribution in [0.15, 0.2) is 41.2 Å². The van der Waals surface area contributed by atoms with Crippen molar-refractivity contribution >= 4 is 22.7 Å². The van der Waals surface area contributed by atoms with Gasteiger partial charge in [-0.25, -0.2) is 9.97 Å². The van der Waals surface area contributed by atoms with Crippen LogP contribution in [0.4, 0.5) is 0 Å². The molecule has 0 unspecified atom stereocenters. The lowest BCUT2D eigenvalue weighted by atomic mass is 10.2. The van der Waals surface area contributed by atoms with Crippen LogP contribution in [0.5, 0.6) is 5.75 Å². The van der Waals surface area contributed by atoms with Crippen LogP contribution in [0.1, 0.15) is 0 Å². The maximum Gasteiger partial charge on any atom is 0.142 e. The van der Waals surface area contributed by atoms with Crippen molar-refractivity contribution in [2.75, 3.05) is 0 Å². The van der Waals surface area contributed by atoms with Gasteiger partial charge >= 0.3 is 0 Å². The normalized spacial score (nSPS) is 10.6. The van der Waals surface area contributed by atoms with Crippen molar-refractivity contribution in [3.05, 3.63) is 41.2 Å². The van der Waals surface area contributed by atoms with Crippen LogP contribution >= 0.6 is 22.7 Å². The molecule has 0 saturated carbocycles. The average Bonchev–Trinajstić information content (AvgIpc) is 3.00. The minimum atomic E-state index is 0.258. The van der Waals surface area contributed by atoms with Crippen LogP contribution in [0.3, 0.4) is 0 Å². The fraction of sp³-hybridized carbons (Fsp3) is 0. The Hall–Kier alpha value is -1.72. The molecule has 0 fully saturated rings. The van der Waals surface area contributed by atoms with E-state index in [0.29, 0.717) is 0 Å². The topological polar surface area (TPSA) is 46.0 Å². The summed E-state index contributed by atoms with van der Waals surface area (Å²) in [6.07, 6.45) is 1.77. The number of rotatable bonds is 2. The van der Waals surface area contributed by atoms with Crippen LogP contribution in [-0.2, 0) is 0 Å². The summed E-state index contributed by atoms with van der Waals surface area (Å²) in [5.41, 5.74) is 1.82. The first kappa shape index (κ1) is 10.4. The van der Waals surface area contributed by atoms with Gasteiger partial charge in [-0.15, -0.1) is 22.7 Å². The van der Waals surface area contributed by atoms with Gasteiger partial charge in [0.05, 0.1) is 0 Å². The first-order chi connectivity index (χ1) is 8.33. The molecular weight excluding hydrogens is 252 g/mol. The van der Waals surface area contributed by atoms with Gasteiger partial charge in [0.2, 0.25) is 0 Å². The van der Waals surface area contributed by atoms with E-state index in [-0.39, 0.29) is 5.75 Å². The highest BCUT2D eigenvalue weighted by molar-refractivity contribution is 7.15. The molecule has 0 saturated heterocycles. The largest absolute Gasteiger partial charge is 0.508 e. The zero-order valence-corrected chi connectivity index (χ0v) is 10.3. The van der Waals surface area contributed by atoms with Crippen molar-refractivity contribution in [1.82, 2.24) is 9.97 Å². The van der Waals surface area contributed by atoms with Crippen molar-refractivity contribution in [2.45, 2.75) is 0 Å². The van der Waals surface area contributed by atoms with Gasteiger partial charge in [0.25, 0.3) is 0 Å². The molecule has 0 aliphatic heterocycles. The lowest BCUT2D eigenvalue weighted by Crippen LogP contribution is -1.78. The highest BCUT2D eigenvalue weighted by atomic mass is 32.1. The summed E-state index contributed by atoms with van der Waals surface area (Å²) in [6.45, 7) is 0. The Bertz CT molecular complexity index is 632. The van der Waals surface area contributed by atoms with Gasteiger partial charge in [0, 0.05) is 22.5 Å². The maximum atomic E-state index is 9.43. The Morgan fingerprint density at radius 1 is 1.12 bits per heavy atom. The predicted octanol–water partition coefficient (Wildman–Crippen LogP) is 3.64. The van der Waals surface area contributed by atoms with Gasteiger partial charge in [-0.2, -0.15) is 0 Å². The first-order valence-electron chi connectivity index (χ1n) is 4.98. The molecule has 0 radical (unpaired) electrons. The monoisotopic (exact) mass is 260 g/mol. The summed E-state index contributed by atoms with van der Waals surface area (Å²) < 4.78 is 0. The molecule has 3 nitrogen and oxygen atoms in total. The molecule has 2 aromatic heterocycles. The maximum absolute atomic E-state index is 9.43. The van der Waals surface area contributed by atoms with Crippen LogP contribution in [-0.4, -0.2) is 15.1 Å². The van der Waals surface area contributed by atoms with Crippen molar-refractivity contribution in [1.29, 1.82) is 0 Å². The molecule has 0 spiro atoms. The molecule has 0 aliphatic rings. The van der Waals surface area contributed by atoms with Crippen LogP contribution in [0.2, 0.25) is 0 Å². The Kier molecular flexibility index (Phi) is 2.62. The van der Waals surface area contributed by atoms with E-state index in [2.05, 4.69) is 9.97 Å². The number of nitrogens with zero attached hydrogens (tertiary/aromatic N) is 2. The van der Waals surface area contributed by atoms with Gasteiger partial charge in [-0.1, -0.05) is 12.1 Å². The molecule has 0 amide bonds. The second-order valence-corrected chi connectivity index (χ2v) is 5.18. The lowest BCUT2D eigenvalue weighted by Gasteiger charge is -1.96. The third-order valence-corrected chi connectivity index (χ3v) is 3.94. The molecule has 17 heavy (non-hydrogen) atoms. The molecule has 0 atom stereocenters. The summed E-state index contributed by atoms with van der Waals surface area (Å²) in [5.74, 6) is 0.258. The second kappa shape index (κ2) is 4.27. The van der Waals surface area contributed by atoms with E-state index in [4.69, 9.17) is 0 Å². The minimum Gasteiger partial charge on any atom is -0.508 e. The summed E-state index contributed by atoms with van der Waals surface area (Å²) in [7, 11) is 0. The number of aromatic nitrogens is 2. The van der Waals surface area contributed by atoms with E-state index in [9.17, 15) is 5.11 Å². The van der Waals surface area contributed by atoms with E-state index < -0.39 is 0 Å². The number of hydrogen-bond acceptors (Lipinski definition) is 5. The average molecular weight is 260 g/mol. The van der Waals surface area contributed by atoms with Gasteiger partial charge < -0.3 is 5.11 Å². The minimum absolute atomic E-state index is 0.258. The predicted molar refractivity (Wildman–Crippen MR) is 70.3 cm³/mol. The molecule has 2 heterocycles. The molecule has 84 valence electrons. The van der Waals surface area contributed by atoms with Crippen molar-refractivity contribution in [2.24, 2.45) is 0 Å². The zero-order chi connectivity index (χ0) is 11.7. The van der Waals surface area contributed by atoms with Crippen molar-refractivity contribution in [3.63, 3.8) is 0 Å². The van der Waals surface area contributed by atoms with Crippen LogP contribution < -0.4 is 0 Å². The Labute approximate surface area is 106 Å². The second-order valence-electron chi connectivity index (χ2n) is 3.43. The molecular formula is C12H8N2OS2. The smallest absolute Gasteiger partial charge is 0.142 e. The summed E-state index contributed by atoms with van der Waals surface area (Å²) >= 11 is 3.13. The number of phenols is 1. The number of phenolic OH excluding ortho intramolecular Hbond substituents is 1. The number of benzene rings is 1. The summed E-state index contributed by atoms with van der Waals surface area (Å²) in [5, 5.41) is 15.2. The SMILES string of the molecule is Oc1cccc(-c2nc(-c3nccs3)cs2)c1. The standard InChI is InChI=1S/C12H8N2OS2/c15-9-3-1-2-8(6-9)11-14-10(7-17-11)12-13-4-5-16-12/h1-7,15H. The van der Waals surface area contributed by atoms with E-state index in [1.807, 2.05) is 22.9 Å². The third kappa shape index (κ3) is 2.07. The first-order valence-corrected chi connectivity index (χ1v) is 6.73.